The second kappa shape index (κ2) is 7.65. The molecule has 0 amide bonds. The zero-order chi connectivity index (χ0) is 15.2. The van der Waals surface area contributed by atoms with Crippen molar-refractivity contribution in [2.75, 3.05) is 12.0 Å². The van der Waals surface area contributed by atoms with Crippen LogP contribution in [0.15, 0.2) is 46.0 Å². The summed E-state index contributed by atoms with van der Waals surface area (Å²) in [6.45, 7) is 2.38. The van der Waals surface area contributed by atoms with Crippen LogP contribution in [-0.4, -0.2) is 17.9 Å². The zero-order valence-corrected chi connectivity index (χ0v) is 15.1. The number of hydrogen-bond acceptors (Lipinski definition) is 4. The molecule has 6 heteroatoms. The molecule has 0 spiro atoms. The summed E-state index contributed by atoms with van der Waals surface area (Å²) < 4.78 is 7.11. The van der Waals surface area contributed by atoms with Crippen LogP contribution < -0.4 is 10.2 Å². The summed E-state index contributed by atoms with van der Waals surface area (Å²) in [7, 11) is 0. The molecule has 2 N–H and O–H groups in total. The summed E-state index contributed by atoms with van der Waals surface area (Å²) in [4.78, 5) is 0. The molecule has 0 aliphatic heterocycles. The number of phenolic OH excluding ortho intramolecular Hbond substituents is 1. The second-order valence-electron chi connectivity index (χ2n) is 4.16. The molecule has 2 aromatic rings. The van der Waals surface area contributed by atoms with Crippen molar-refractivity contribution in [2.45, 2.75) is 6.92 Å². The normalized spacial score (nSPS) is 10.8. The molecule has 0 heterocycles. The number of rotatable bonds is 5. The lowest BCUT2D eigenvalue weighted by molar-refractivity contribution is 0.317. The van der Waals surface area contributed by atoms with Gasteiger partial charge in [-0.3, -0.25) is 5.43 Å². The van der Waals surface area contributed by atoms with E-state index in [0.717, 1.165) is 19.3 Å². The van der Waals surface area contributed by atoms with Crippen LogP contribution in [0.25, 0.3) is 0 Å². The minimum atomic E-state index is 0.162. The summed E-state index contributed by atoms with van der Waals surface area (Å²) in [6, 6.07) is 11.3. The van der Waals surface area contributed by atoms with Gasteiger partial charge in [0, 0.05) is 4.47 Å². The van der Waals surface area contributed by atoms with Crippen LogP contribution >= 0.6 is 38.5 Å². The van der Waals surface area contributed by atoms with Gasteiger partial charge in [0.1, 0.15) is 0 Å². The number of hydrazone groups is 1. The molecule has 0 unspecified atom stereocenters. The van der Waals surface area contributed by atoms with Gasteiger partial charge in [0.05, 0.1) is 22.1 Å². The predicted octanol–water partition coefficient (Wildman–Crippen LogP) is 4.60. The molecule has 0 bridgehead atoms. The van der Waals surface area contributed by atoms with Gasteiger partial charge in [-0.25, -0.2) is 0 Å². The van der Waals surface area contributed by atoms with Gasteiger partial charge in [-0.15, -0.1) is 0 Å². The maximum atomic E-state index is 9.89. The summed E-state index contributed by atoms with van der Waals surface area (Å²) in [5.74, 6) is 0.628. The van der Waals surface area contributed by atoms with Crippen LogP contribution in [-0.2, 0) is 0 Å². The number of benzene rings is 2. The highest BCUT2D eigenvalue weighted by atomic mass is 127. The van der Waals surface area contributed by atoms with E-state index < -0.39 is 0 Å². The Morgan fingerprint density at radius 1 is 1.38 bits per heavy atom. The molecule has 110 valence electrons. The third kappa shape index (κ3) is 4.60. The average molecular weight is 461 g/mol. The summed E-state index contributed by atoms with van der Waals surface area (Å²) in [5.41, 5.74) is 4.69. The number of anilines is 1. The van der Waals surface area contributed by atoms with E-state index in [9.17, 15) is 5.11 Å². The van der Waals surface area contributed by atoms with Crippen molar-refractivity contribution in [3.63, 3.8) is 0 Å². The molecule has 0 saturated carbocycles. The molecular weight excluding hydrogens is 447 g/mol. The Bertz CT molecular complexity index is 662. The van der Waals surface area contributed by atoms with E-state index in [4.69, 9.17) is 4.74 Å². The fourth-order valence-electron chi connectivity index (χ4n) is 1.67. The Morgan fingerprint density at radius 3 is 2.90 bits per heavy atom. The van der Waals surface area contributed by atoms with Gasteiger partial charge in [-0.1, -0.05) is 22.0 Å². The third-order valence-electron chi connectivity index (χ3n) is 2.58. The number of phenols is 1. The summed E-state index contributed by atoms with van der Waals surface area (Å²) in [6.07, 6.45) is 1.69. The topological polar surface area (TPSA) is 53.8 Å². The van der Waals surface area contributed by atoms with Crippen LogP contribution in [0.3, 0.4) is 0 Å². The number of hydrogen-bond donors (Lipinski definition) is 2. The van der Waals surface area contributed by atoms with Gasteiger partial charge in [0.2, 0.25) is 0 Å². The predicted molar refractivity (Wildman–Crippen MR) is 97.4 cm³/mol. The van der Waals surface area contributed by atoms with Crippen LogP contribution in [0, 0.1) is 3.57 Å². The van der Waals surface area contributed by atoms with Crippen molar-refractivity contribution in [1.29, 1.82) is 0 Å². The first-order valence-corrected chi connectivity index (χ1v) is 8.17. The molecule has 0 aliphatic carbocycles. The SMILES string of the molecule is CCOc1cc(C=NNc2cccc(Br)c2)cc(I)c1O. The van der Waals surface area contributed by atoms with E-state index in [1.165, 1.54) is 0 Å². The fourth-order valence-corrected chi connectivity index (χ4v) is 2.70. The van der Waals surface area contributed by atoms with Crippen LogP contribution in [0.4, 0.5) is 5.69 Å². The highest BCUT2D eigenvalue weighted by molar-refractivity contribution is 14.1. The van der Waals surface area contributed by atoms with Crippen LogP contribution in [0.2, 0.25) is 0 Å². The Hall–Kier alpha value is -1.28. The minimum absolute atomic E-state index is 0.162. The minimum Gasteiger partial charge on any atom is -0.504 e. The fraction of sp³-hybridized carbons (Fsp3) is 0.133. The highest BCUT2D eigenvalue weighted by Gasteiger charge is 2.08. The molecule has 2 aromatic carbocycles. The quantitative estimate of drug-likeness (QED) is 0.389. The van der Waals surface area contributed by atoms with Gasteiger partial charge in [0.15, 0.2) is 11.5 Å². The molecule has 21 heavy (non-hydrogen) atoms. The van der Waals surface area contributed by atoms with E-state index in [1.807, 2.05) is 37.3 Å². The summed E-state index contributed by atoms with van der Waals surface area (Å²) in [5, 5.41) is 14.1. The number of ether oxygens (including phenoxy) is 1. The molecular formula is C15H14BrIN2O2. The molecule has 2 rings (SSSR count). The Kier molecular flexibility index (Phi) is 5.86. The van der Waals surface area contributed by atoms with Crippen molar-refractivity contribution < 1.29 is 9.84 Å². The number of aromatic hydroxyl groups is 1. The van der Waals surface area contributed by atoms with E-state index in [2.05, 4.69) is 49.0 Å². The van der Waals surface area contributed by atoms with E-state index in [1.54, 1.807) is 12.3 Å². The Morgan fingerprint density at radius 2 is 2.19 bits per heavy atom. The van der Waals surface area contributed by atoms with Crippen molar-refractivity contribution in [1.82, 2.24) is 0 Å². The molecule has 4 nitrogen and oxygen atoms in total. The number of halogens is 2. The van der Waals surface area contributed by atoms with Crippen molar-refractivity contribution in [2.24, 2.45) is 5.10 Å². The molecule has 0 aliphatic rings. The van der Waals surface area contributed by atoms with Crippen molar-refractivity contribution >= 4 is 50.4 Å². The maximum Gasteiger partial charge on any atom is 0.171 e. The zero-order valence-electron chi connectivity index (χ0n) is 11.3. The smallest absolute Gasteiger partial charge is 0.171 e. The summed E-state index contributed by atoms with van der Waals surface area (Å²) >= 11 is 5.47. The van der Waals surface area contributed by atoms with E-state index in [0.29, 0.717) is 12.4 Å². The maximum absolute atomic E-state index is 9.89. The second-order valence-corrected chi connectivity index (χ2v) is 6.24. The standard InChI is InChI=1S/C15H14BrIN2O2/c1-2-21-14-7-10(6-13(17)15(14)20)9-18-19-12-5-3-4-11(16)8-12/h3-9,19-20H,2H2,1H3. The lowest BCUT2D eigenvalue weighted by Gasteiger charge is -2.08. The van der Waals surface area contributed by atoms with Gasteiger partial charge >= 0.3 is 0 Å². The Labute approximate surface area is 145 Å². The highest BCUT2D eigenvalue weighted by Crippen LogP contribution is 2.32. The van der Waals surface area contributed by atoms with Crippen LogP contribution in [0.1, 0.15) is 12.5 Å². The van der Waals surface area contributed by atoms with Crippen molar-refractivity contribution in [3.05, 3.63) is 50.0 Å². The van der Waals surface area contributed by atoms with Gasteiger partial charge in [-0.05, 0) is 65.4 Å². The van der Waals surface area contributed by atoms with Gasteiger partial charge < -0.3 is 9.84 Å². The first kappa shape index (κ1) is 16.1. The number of nitrogens with one attached hydrogen (secondary N) is 1. The monoisotopic (exact) mass is 460 g/mol. The Balaban J connectivity index is 2.13. The lowest BCUT2D eigenvalue weighted by atomic mass is 10.2. The lowest BCUT2D eigenvalue weighted by Crippen LogP contribution is -1.96. The largest absolute Gasteiger partial charge is 0.504 e. The molecule has 0 saturated heterocycles. The molecule has 0 aromatic heterocycles. The third-order valence-corrected chi connectivity index (χ3v) is 3.90. The van der Waals surface area contributed by atoms with Crippen LogP contribution in [0.5, 0.6) is 11.5 Å². The molecule has 0 fully saturated rings. The van der Waals surface area contributed by atoms with Gasteiger partial charge in [0.25, 0.3) is 0 Å². The number of nitrogens with zero attached hydrogens (tertiary/aromatic N) is 1. The first-order chi connectivity index (χ1) is 10.1. The first-order valence-electron chi connectivity index (χ1n) is 6.30. The molecule has 0 radical (unpaired) electrons. The average Bonchev–Trinajstić information content (AvgIpc) is 2.44. The van der Waals surface area contributed by atoms with E-state index >= 15 is 0 Å². The molecule has 0 atom stereocenters. The van der Waals surface area contributed by atoms with E-state index in [-0.39, 0.29) is 5.75 Å². The van der Waals surface area contributed by atoms with Crippen molar-refractivity contribution in [3.8, 4) is 11.5 Å². The van der Waals surface area contributed by atoms with Gasteiger partial charge in [-0.2, -0.15) is 5.10 Å².